The number of rotatable bonds is 6. The van der Waals surface area contributed by atoms with E-state index in [4.69, 9.17) is 4.42 Å². The predicted molar refractivity (Wildman–Crippen MR) is 105 cm³/mol. The molecule has 2 heterocycles. The monoisotopic (exact) mass is 394 g/mol. The summed E-state index contributed by atoms with van der Waals surface area (Å²) in [4.78, 5) is 4.48. The third kappa shape index (κ3) is 3.54. The van der Waals surface area contributed by atoms with Gasteiger partial charge in [0.05, 0.1) is 11.2 Å². The highest BCUT2D eigenvalue weighted by molar-refractivity contribution is 7.90. The van der Waals surface area contributed by atoms with E-state index < -0.39 is 10.0 Å². The molecule has 0 amide bonds. The van der Waals surface area contributed by atoms with Gasteiger partial charge in [-0.05, 0) is 36.8 Å². The van der Waals surface area contributed by atoms with Gasteiger partial charge < -0.3 is 9.73 Å². The molecule has 0 radical (unpaired) electrons. The second-order valence-corrected chi connectivity index (χ2v) is 8.00. The Morgan fingerprint density at radius 2 is 1.75 bits per heavy atom. The molecule has 0 fully saturated rings. The van der Waals surface area contributed by atoms with E-state index in [0.717, 1.165) is 15.2 Å². The lowest BCUT2D eigenvalue weighted by Crippen LogP contribution is -2.18. The average molecular weight is 394 g/mol. The van der Waals surface area contributed by atoms with E-state index in [1.54, 1.807) is 36.4 Å². The molecule has 2 aromatic carbocycles. The van der Waals surface area contributed by atoms with Crippen molar-refractivity contribution in [2.45, 2.75) is 18.4 Å². The van der Waals surface area contributed by atoms with E-state index in [0.29, 0.717) is 12.3 Å². The first kappa shape index (κ1) is 18.0. The molecule has 7 nitrogen and oxygen atoms in total. The van der Waals surface area contributed by atoms with Crippen LogP contribution in [0.25, 0.3) is 11.6 Å². The minimum atomic E-state index is -3.92. The van der Waals surface area contributed by atoms with Gasteiger partial charge in [0.25, 0.3) is 10.0 Å². The average Bonchev–Trinajstić information content (AvgIpc) is 3.37. The number of aryl methyl sites for hydroxylation is 1. The van der Waals surface area contributed by atoms with Gasteiger partial charge in [0.15, 0.2) is 5.76 Å². The van der Waals surface area contributed by atoms with Gasteiger partial charge in [0, 0.05) is 6.54 Å². The fourth-order valence-corrected chi connectivity index (χ4v) is 3.87. The molecule has 0 aliphatic rings. The van der Waals surface area contributed by atoms with Gasteiger partial charge in [-0.3, -0.25) is 0 Å². The molecule has 0 aliphatic carbocycles. The van der Waals surface area contributed by atoms with Crippen LogP contribution in [0, 0.1) is 6.92 Å². The summed E-state index contributed by atoms with van der Waals surface area (Å²) in [6.07, 6.45) is 1.49. The summed E-state index contributed by atoms with van der Waals surface area (Å²) in [6.45, 7) is 2.30. The van der Waals surface area contributed by atoms with Crippen molar-refractivity contribution in [2.75, 3.05) is 5.32 Å². The van der Waals surface area contributed by atoms with Crippen molar-refractivity contribution in [3.8, 4) is 11.6 Å². The molecule has 0 spiro atoms. The van der Waals surface area contributed by atoms with Crippen molar-refractivity contribution in [3.05, 3.63) is 84.1 Å². The van der Waals surface area contributed by atoms with Gasteiger partial charge in [0.1, 0.15) is 0 Å². The third-order valence-electron chi connectivity index (χ3n) is 4.16. The van der Waals surface area contributed by atoms with Crippen molar-refractivity contribution < 1.29 is 12.8 Å². The Balaban J connectivity index is 1.74. The zero-order valence-corrected chi connectivity index (χ0v) is 15.9. The molecule has 0 atom stereocenters. The van der Waals surface area contributed by atoms with E-state index in [1.807, 2.05) is 37.3 Å². The molecule has 2 aromatic heterocycles. The maximum absolute atomic E-state index is 13.2. The Morgan fingerprint density at radius 3 is 2.43 bits per heavy atom. The summed E-state index contributed by atoms with van der Waals surface area (Å²) in [7, 11) is -3.92. The minimum Gasteiger partial charge on any atom is -0.461 e. The molecule has 4 rings (SSSR count). The van der Waals surface area contributed by atoms with E-state index in [1.165, 1.54) is 6.26 Å². The van der Waals surface area contributed by atoms with Crippen molar-refractivity contribution in [1.82, 2.24) is 14.2 Å². The van der Waals surface area contributed by atoms with Crippen LogP contribution in [0.1, 0.15) is 11.1 Å². The van der Waals surface area contributed by atoms with Crippen LogP contribution in [0.5, 0.6) is 0 Å². The Morgan fingerprint density at radius 1 is 1.00 bits per heavy atom. The van der Waals surface area contributed by atoms with E-state index in [9.17, 15) is 8.42 Å². The second kappa shape index (κ2) is 7.32. The molecule has 0 saturated heterocycles. The predicted octanol–water partition coefficient (Wildman–Crippen LogP) is 3.70. The van der Waals surface area contributed by atoms with Gasteiger partial charge >= 0.3 is 0 Å². The molecular formula is C20H18N4O3S. The van der Waals surface area contributed by atoms with Crippen LogP contribution < -0.4 is 5.32 Å². The lowest BCUT2D eigenvalue weighted by atomic mass is 10.2. The quantitative estimate of drug-likeness (QED) is 0.536. The first-order valence-electron chi connectivity index (χ1n) is 8.65. The lowest BCUT2D eigenvalue weighted by molar-refractivity contribution is 0.573. The number of aromatic nitrogens is 3. The summed E-state index contributed by atoms with van der Waals surface area (Å²) in [5.74, 6) is 0.702. The summed E-state index contributed by atoms with van der Waals surface area (Å²) in [5, 5.41) is 7.26. The highest BCUT2D eigenvalue weighted by Crippen LogP contribution is 2.23. The highest BCUT2D eigenvalue weighted by Gasteiger charge is 2.25. The number of hydrogen-bond donors (Lipinski definition) is 1. The molecule has 4 aromatic rings. The van der Waals surface area contributed by atoms with Gasteiger partial charge in [-0.1, -0.05) is 48.0 Å². The molecule has 142 valence electrons. The normalized spacial score (nSPS) is 11.5. The van der Waals surface area contributed by atoms with Gasteiger partial charge in [0.2, 0.25) is 11.8 Å². The summed E-state index contributed by atoms with van der Waals surface area (Å²) < 4.78 is 32.5. The molecule has 0 bridgehead atoms. The number of hydrogen-bond acceptors (Lipinski definition) is 6. The Bertz CT molecular complexity index is 1170. The summed E-state index contributed by atoms with van der Waals surface area (Å²) in [5.41, 5.74) is 1.96. The zero-order valence-electron chi connectivity index (χ0n) is 15.1. The number of anilines is 1. The molecule has 0 saturated carbocycles. The number of benzene rings is 2. The molecule has 1 N–H and O–H groups in total. The minimum absolute atomic E-state index is 0.121. The first-order chi connectivity index (χ1) is 13.5. The standard InChI is InChI=1S/C20H18N4O3S/c1-15-9-11-17(12-10-15)28(25,26)24-20(21-14-16-6-3-2-4-7-16)22-19(23-24)18-8-5-13-27-18/h2-13H,14H2,1H3,(H,21,22,23). The van der Waals surface area contributed by atoms with Crippen LogP contribution in [0.3, 0.4) is 0 Å². The highest BCUT2D eigenvalue weighted by atomic mass is 32.2. The van der Waals surface area contributed by atoms with Crippen molar-refractivity contribution in [1.29, 1.82) is 0 Å². The second-order valence-electron chi connectivity index (χ2n) is 6.24. The van der Waals surface area contributed by atoms with E-state index >= 15 is 0 Å². The van der Waals surface area contributed by atoms with Crippen LogP contribution in [-0.4, -0.2) is 22.6 Å². The van der Waals surface area contributed by atoms with Crippen molar-refractivity contribution in [3.63, 3.8) is 0 Å². The van der Waals surface area contributed by atoms with Gasteiger partial charge in [-0.25, -0.2) is 0 Å². The van der Waals surface area contributed by atoms with Crippen LogP contribution in [-0.2, 0) is 16.6 Å². The Hall–Kier alpha value is -3.39. The lowest BCUT2D eigenvalue weighted by Gasteiger charge is -2.09. The fourth-order valence-electron chi connectivity index (χ4n) is 2.67. The Kier molecular flexibility index (Phi) is 4.70. The van der Waals surface area contributed by atoms with Crippen LogP contribution in [0.4, 0.5) is 5.95 Å². The number of nitrogens with zero attached hydrogens (tertiary/aromatic N) is 3. The molecule has 0 unspecified atom stereocenters. The van der Waals surface area contributed by atoms with Crippen molar-refractivity contribution >= 4 is 16.0 Å². The molecule has 28 heavy (non-hydrogen) atoms. The number of furan rings is 1. The summed E-state index contributed by atoms with van der Waals surface area (Å²) in [6, 6.07) is 19.6. The smallest absolute Gasteiger partial charge is 0.286 e. The fraction of sp³-hybridized carbons (Fsp3) is 0.100. The Labute approximate surface area is 162 Å². The van der Waals surface area contributed by atoms with E-state index in [-0.39, 0.29) is 16.7 Å². The van der Waals surface area contributed by atoms with Gasteiger partial charge in [-0.2, -0.15) is 13.4 Å². The van der Waals surface area contributed by atoms with Crippen LogP contribution >= 0.6 is 0 Å². The topological polar surface area (TPSA) is 90.0 Å². The third-order valence-corrected chi connectivity index (χ3v) is 5.74. The van der Waals surface area contributed by atoms with E-state index in [2.05, 4.69) is 15.4 Å². The van der Waals surface area contributed by atoms with Crippen molar-refractivity contribution in [2.24, 2.45) is 0 Å². The maximum Gasteiger partial charge on any atom is 0.286 e. The molecule has 0 aliphatic heterocycles. The molecular weight excluding hydrogens is 376 g/mol. The summed E-state index contributed by atoms with van der Waals surface area (Å²) >= 11 is 0. The van der Waals surface area contributed by atoms with Gasteiger partial charge in [-0.15, -0.1) is 9.19 Å². The molecule has 8 heteroatoms. The first-order valence-corrected chi connectivity index (χ1v) is 10.1. The van der Waals surface area contributed by atoms with Crippen LogP contribution in [0.2, 0.25) is 0 Å². The SMILES string of the molecule is Cc1ccc(S(=O)(=O)n2nc(-c3ccco3)nc2NCc2ccccc2)cc1. The maximum atomic E-state index is 13.2. The largest absolute Gasteiger partial charge is 0.461 e. The number of nitrogens with one attached hydrogen (secondary N) is 1. The van der Waals surface area contributed by atoms with Crippen LogP contribution in [0.15, 0.2) is 82.3 Å². The zero-order chi connectivity index (χ0) is 19.6.